The van der Waals surface area contributed by atoms with Gasteiger partial charge in [0.2, 0.25) is 5.91 Å². The number of nitrogens with zero attached hydrogens (tertiary/aromatic N) is 1. The molecule has 0 aliphatic carbocycles. The molecule has 1 aliphatic rings. The summed E-state index contributed by atoms with van der Waals surface area (Å²) in [7, 11) is 0. The van der Waals surface area contributed by atoms with Crippen LogP contribution in [0.1, 0.15) is 33.6 Å². The zero-order valence-corrected chi connectivity index (χ0v) is 11.2. The monoisotopic (exact) mass is 255 g/mol. The zero-order valence-electron chi connectivity index (χ0n) is 11.2. The maximum Gasteiger partial charge on any atom is 0.325 e. The largest absolute Gasteiger partial charge is 0.354 e. The van der Waals surface area contributed by atoms with Gasteiger partial charge in [-0.15, -0.1) is 0 Å². The van der Waals surface area contributed by atoms with Crippen LogP contribution < -0.4 is 10.6 Å². The Bertz CT molecular complexity index is 341. The Morgan fingerprint density at radius 3 is 2.67 bits per heavy atom. The summed E-state index contributed by atoms with van der Waals surface area (Å²) in [4.78, 5) is 36.0. The molecular formula is C12H21N3O3. The van der Waals surface area contributed by atoms with Crippen molar-refractivity contribution in [2.24, 2.45) is 5.92 Å². The third kappa shape index (κ3) is 3.72. The van der Waals surface area contributed by atoms with Crippen molar-refractivity contribution >= 4 is 17.8 Å². The van der Waals surface area contributed by atoms with Gasteiger partial charge in [-0.3, -0.25) is 14.5 Å². The summed E-state index contributed by atoms with van der Waals surface area (Å²) < 4.78 is 0. The lowest BCUT2D eigenvalue weighted by molar-refractivity contribution is -0.132. The molecule has 0 bridgehead atoms. The number of hydrogen-bond donors (Lipinski definition) is 2. The fourth-order valence-corrected chi connectivity index (χ4v) is 1.73. The van der Waals surface area contributed by atoms with Crippen molar-refractivity contribution in [1.29, 1.82) is 0 Å². The molecule has 2 N–H and O–H groups in total. The first-order valence-corrected chi connectivity index (χ1v) is 6.34. The Kier molecular flexibility index (Phi) is 5.12. The molecule has 0 aromatic rings. The number of nitrogens with one attached hydrogen (secondary N) is 2. The molecule has 0 radical (unpaired) electrons. The lowest BCUT2D eigenvalue weighted by Crippen LogP contribution is -2.42. The van der Waals surface area contributed by atoms with E-state index in [1.54, 1.807) is 0 Å². The van der Waals surface area contributed by atoms with Crippen molar-refractivity contribution in [2.45, 2.75) is 39.7 Å². The number of carbonyl (C=O) groups excluding carboxylic acids is 3. The smallest absolute Gasteiger partial charge is 0.325 e. The molecule has 0 aromatic heterocycles. The van der Waals surface area contributed by atoms with Gasteiger partial charge in [-0.2, -0.15) is 0 Å². The lowest BCUT2D eigenvalue weighted by atomic mass is 10.2. The van der Waals surface area contributed by atoms with Crippen LogP contribution in [-0.4, -0.2) is 41.9 Å². The third-order valence-electron chi connectivity index (χ3n) is 2.69. The number of hydrogen-bond acceptors (Lipinski definition) is 3. The SMILES string of the molecule is CCCC1NC(=O)N(CC(=O)NCC(C)C)C1=O. The molecular weight excluding hydrogens is 234 g/mol. The molecule has 1 atom stereocenters. The van der Waals surface area contributed by atoms with Crippen molar-refractivity contribution in [1.82, 2.24) is 15.5 Å². The van der Waals surface area contributed by atoms with Gasteiger partial charge in [0.25, 0.3) is 5.91 Å². The van der Waals surface area contributed by atoms with E-state index in [2.05, 4.69) is 10.6 Å². The van der Waals surface area contributed by atoms with Gasteiger partial charge in [-0.05, 0) is 12.3 Å². The van der Waals surface area contributed by atoms with Gasteiger partial charge in [0.1, 0.15) is 12.6 Å². The Morgan fingerprint density at radius 1 is 1.44 bits per heavy atom. The Balaban J connectivity index is 2.49. The molecule has 0 spiro atoms. The molecule has 1 aliphatic heterocycles. The van der Waals surface area contributed by atoms with Crippen LogP contribution in [0.3, 0.4) is 0 Å². The summed E-state index contributed by atoms with van der Waals surface area (Å²) in [6, 6.07) is -0.946. The first-order chi connectivity index (χ1) is 8.45. The molecule has 0 aromatic carbocycles. The molecule has 1 rings (SSSR count). The molecule has 18 heavy (non-hydrogen) atoms. The fourth-order valence-electron chi connectivity index (χ4n) is 1.73. The number of rotatable bonds is 6. The number of imide groups is 1. The molecule has 1 fully saturated rings. The van der Waals surface area contributed by atoms with E-state index in [1.807, 2.05) is 20.8 Å². The highest BCUT2D eigenvalue weighted by molar-refractivity contribution is 6.06. The van der Waals surface area contributed by atoms with E-state index in [4.69, 9.17) is 0 Å². The molecule has 6 nitrogen and oxygen atoms in total. The van der Waals surface area contributed by atoms with E-state index in [0.29, 0.717) is 18.9 Å². The van der Waals surface area contributed by atoms with Crippen LogP contribution in [0, 0.1) is 5.92 Å². The van der Waals surface area contributed by atoms with Crippen LogP contribution in [0.5, 0.6) is 0 Å². The molecule has 6 heteroatoms. The predicted octanol–water partition coefficient (Wildman–Crippen LogP) is 0.479. The van der Waals surface area contributed by atoms with Gasteiger partial charge in [-0.25, -0.2) is 4.79 Å². The second-order valence-electron chi connectivity index (χ2n) is 4.91. The standard InChI is InChI=1S/C12H21N3O3/c1-4-5-9-11(17)15(12(18)14-9)7-10(16)13-6-8(2)3/h8-9H,4-7H2,1-3H3,(H,13,16)(H,14,18). The van der Waals surface area contributed by atoms with Crippen molar-refractivity contribution in [3.8, 4) is 0 Å². The summed E-state index contributed by atoms with van der Waals surface area (Å²) in [5, 5.41) is 5.27. The van der Waals surface area contributed by atoms with Crippen LogP contribution >= 0.6 is 0 Å². The van der Waals surface area contributed by atoms with Gasteiger partial charge in [-0.1, -0.05) is 27.2 Å². The maximum absolute atomic E-state index is 11.8. The van der Waals surface area contributed by atoms with Crippen LogP contribution in [-0.2, 0) is 9.59 Å². The molecule has 0 saturated carbocycles. The first-order valence-electron chi connectivity index (χ1n) is 6.34. The lowest BCUT2D eigenvalue weighted by Gasteiger charge is -2.13. The number of amides is 4. The molecule has 1 saturated heterocycles. The predicted molar refractivity (Wildman–Crippen MR) is 66.8 cm³/mol. The van der Waals surface area contributed by atoms with Gasteiger partial charge < -0.3 is 10.6 Å². The summed E-state index contributed by atoms with van der Waals surface area (Å²) in [6.07, 6.45) is 1.42. The van der Waals surface area contributed by atoms with E-state index in [1.165, 1.54) is 0 Å². The minimum absolute atomic E-state index is 0.197. The normalized spacial score (nSPS) is 19.3. The maximum atomic E-state index is 11.8. The summed E-state index contributed by atoms with van der Waals surface area (Å²) in [5.41, 5.74) is 0. The second kappa shape index (κ2) is 6.37. The van der Waals surface area contributed by atoms with E-state index in [0.717, 1.165) is 11.3 Å². The summed E-state index contributed by atoms with van der Waals surface area (Å²) in [6.45, 7) is 6.24. The topological polar surface area (TPSA) is 78.5 Å². The third-order valence-corrected chi connectivity index (χ3v) is 2.69. The average molecular weight is 255 g/mol. The van der Waals surface area contributed by atoms with Crippen molar-refractivity contribution in [2.75, 3.05) is 13.1 Å². The van der Waals surface area contributed by atoms with Crippen LogP contribution in [0.4, 0.5) is 4.79 Å². The van der Waals surface area contributed by atoms with E-state index in [9.17, 15) is 14.4 Å². The number of urea groups is 1. The Labute approximate surface area is 107 Å². The van der Waals surface area contributed by atoms with Crippen molar-refractivity contribution in [3.63, 3.8) is 0 Å². The van der Waals surface area contributed by atoms with Crippen LogP contribution in [0.25, 0.3) is 0 Å². The molecule has 4 amide bonds. The first kappa shape index (κ1) is 14.5. The number of carbonyl (C=O) groups is 3. The quantitative estimate of drug-likeness (QED) is 0.678. The van der Waals surface area contributed by atoms with E-state index >= 15 is 0 Å². The van der Waals surface area contributed by atoms with Crippen LogP contribution in [0.2, 0.25) is 0 Å². The van der Waals surface area contributed by atoms with Gasteiger partial charge >= 0.3 is 6.03 Å². The summed E-state index contributed by atoms with van der Waals surface area (Å²) >= 11 is 0. The van der Waals surface area contributed by atoms with Gasteiger partial charge in [0.05, 0.1) is 0 Å². The van der Waals surface area contributed by atoms with Gasteiger partial charge in [0.15, 0.2) is 0 Å². The van der Waals surface area contributed by atoms with Crippen molar-refractivity contribution < 1.29 is 14.4 Å². The zero-order chi connectivity index (χ0) is 13.7. The van der Waals surface area contributed by atoms with E-state index < -0.39 is 12.1 Å². The molecule has 102 valence electrons. The minimum atomic E-state index is -0.474. The summed E-state index contributed by atoms with van der Waals surface area (Å²) in [5.74, 6) is -0.268. The highest BCUT2D eigenvalue weighted by Crippen LogP contribution is 2.10. The molecule has 1 unspecified atom stereocenters. The van der Waals surface area contributed by atoms with Crippen molar-refractivity contribution in [3.05, 3.63) is 0 Å². The van der Waals surface area contributed by atoms with E-state index in [-0.39, 0.29) is 18.4 Å². The second-order valence-corrected chi connectivity index (χ2v) is 4.91. The fraction of sp³-hybridized carbons (Fsp3) is 0.750. The van der Waals surface area contributed by atoms with Crippen LogP contribution in [0.15, 0.2) is 0 Å². The Hall–Kier alpha value is -1.59. The Morgan fingerprint density at radius 2 is 2.11 bits per heavy atom. The van der Waals surface area contributed by atoms with Gasteiger partial charge in [0, 0.05) is 6.54 Å². The highest BCUT2D eigenvalue weighted by atomic mass is 16.2. The minimum Gasteiger partial charge on any atom is -0.354 e. The average Bonchev–Trinajstić information content (AvgIpc) is 2.55. The highest BCUT2D eigenvalue weighted by Gasteiger charge is 2.38. The molecule has 1 heterocycles.